The van der Waals surface area contributed by atoms with E-state index in [-0.39, 0.29) is 23.6 Å². The first-order valence-corrected chi connectivity index (χ1v) is 10.0. The van der Waals surface area contributed by atoms with Crippen molar-refractivity contribution in [1.29, 1.82) is 0 Å². The lowest BCUT2D eigenvalue weighted by Gasteiger charge is -2.25. The SMILES string of the molecule is Cc1cnc(C(=O)N2C[C@@H]3Cc4nnc(C(=O)Nc5cccc(F)c5)n4C[C@@H]3C2)cn1. The number of carbonyl (C=O) groups excluding carboxylic acids is 2. The van der Waals surface area contributed by atoms with Crippen molar-refractivity contribution in [2.45, 2.75) is 19.9 Å². The Morgan fingerprint density at radius 2 is 1.94 bits per heavy atom. The van der Waals surface area contributed by atoms with Crippen molar-refractivity contribution in [3.05, 3.63) is 65.5 Å². The Balaban J connectivity index is 1.30. The second-order valence-corrected chi connectivity index (χ2v) is 7.99. The Bertz CT molecular complexity index is 1160. The van der Waals surface area contributed by atoms with E-state index in [1.807, 2.05) is 6.92 Å². The van der Waals surface area contributed by atoms with Crippen LogP contribution in [0.2, 0.25) is 0 Å². The predicted molar refractivity (Wildman–Crippen MR) is 108 cm³/mol. The van der Waals surface area contributed by atoms with Crippen molar-refractivity contribution >= 4 is 17.5 Å². The number of benzene rings is 1. The summed E-state index contributed by atoms with van der Waals surface area (Å²) < 4.78 is 15.2. The van der Waals surface area contributed by atoms with Gasteiger partial charge in [0.15, 0.2) is 0 Å². The van der Waals surface area contributed by atoms with Gasteiger partial charge in [-0.15, -0.1) is 10.2 Å². The van der Waals surface area contributed by atoms with Crippen LogP contribution in [0.4, 0.5) is 10.1 Å². The fourth-order valence-corrected chi connectivity index (χ4v) is 4.28. The van der Waals surface area contributed by atoms with Crippen LogP contribution in [-0.2, 0) is 13.0 Å². The molecule has 10 heteroatoms. The number of aryl methyl sites for hydroxylation is 1. The summed E-state index contributed by atoms with van der Waals surface area (Å²) in [6.07, 6.45) is 3.72. The maximum atomic E-state index is 13.4. The number of nitrogens with one attached hydrogen (secondary N) is 1. The molecule has 1 N–H and O–H groups in total. The first kappa shape index (κ1) is 19.3. The lowest BCUT2D eigenvalue weighted by Crippen LogP contribution is -2.31. The summed E-state index contributed by atoms with van der Waals surface area (Å²) in [7, 11) is 0. The van der Waals surface area contributed by atoms with Gasteiger partial charge in [-0.1, -0.05) is 6.07 Å². The largest absolute Gasteiger partial charge is 0.337 e. The summed E-state index contributed by atoms with van der Waals surface area (Å²) in [6.45, 7) is 3.55. The minimum Gasteiger partial charge on any atom is -0.337 e. The first-order valence-electron chi connectivity index (χ1n) is 10.0. The number of hydrogen-bond donors (Lipinski definition) is 1. The van der Waals surface area contributed by atoms with Gasteiger partial charge in [0.25, 0.3) is 11.8 Å². The third-order valence-electron chi connectivity index (χ3n) is 5.84. The normalized spacial score (nSPS) is 19.6. The van der Waals surface area contributed by atoms with E-state index in [9.17, 15) is 14.0 Å². The number of rotatable bonds is 3. The van der Waals surface area contributed by atoms with E-state index in [0.717, 1.165) is 11.5 Å². The molecule has 31 heavy (non-hydrogen) atoms. The molecule has 0 spiro atoms. The molecule has 2 aliphatic heterocycles. The van der Waals surface area contributed by atoms with Crippen LogP contribution in [0.1, 0.15) is 32.6 Å². The zero-order chi connectivity index (χ0) is 21.5. The van der Waals surface area contributed by atoms with Crippen molar-refractivity contribution in [3.8, 4) is 0 Å². The molecule has 158 valence electrons. The Morgan fingerprint density at radius 3 is 2.71 bits per heavy atom. The third-order valence-corrected chi connectivity index (χ3v) is 5.84. The summed E-state index contributed by atoms with van der Waals surface area (Å²) in [5.41, 5.74) is 1.44. The van der Waals surface area contributed by atoms with Crippen molar-refractivity contribution < 1.29 is 14.0 Å². The number of fused-ring (bicyclic) bond motifs is 2. The fraction of sp³-hybridized carbons (Fsp3) is 0.333. The van der Waals surface area contributed by atoms with Crippen LogP contribution >= 0.6 is 0 Å². The molecule has 0 aliphatic carbocycles. The molecule has 3 aromatic rings. The van der Waals surface area contributed by atoms with E-state index in [1.54, 1.807) is 21.7 Å². The van der Waals surface area contributed by atoms with Gasteiger partial charge in [0.2, 0.25) is 5.82 Å². The number of amides is 2. The quantitative estimate of drug-likeness (QED) is 0.690. The van der Waals surface area contributed by atoms with E-state index in [1.165, 1.54) is 24.4 Å². The number of carbonyl (C=O) groups is 2. The molecule has 2 aromatic heterocycles. The average Bonchev–Trinajstić information content (AvgIpc) is 3.35. The standard InChI is InChI=1S/C21H20FN7O2/c1-12-7-24-17(8-23-12)21(31)28-9-13-5-18-26-27-19(29(18)11-14(13)10-28)20(30)25-16-4-2-3-15(22)6-16/h2-4,6-8,13-14H,5,9-11H2,1H3,(H,25,30)/t13-,14-/m0/s1. The summed E-state index contributed by atoms with van der Waals surface area (Å²) in [4.78, 5) is 35.7. The van der Waals surface area contributed by atoms with E-state index >= 15 is 0 Å². The minimum absolute atomic E-state index is 0.137. The summed E-state index contributed by atoms with van der Waals surface area (Å²) >= 11 is 0. The molecule has 1 aromatic carbocycles. The second kappa shape index (κ2) is 7.53. The van der Waals surface area contributed by atoms with Gasteiger partial charge in [-0.3, -0.25) is 14.6 Å². The van der Waals surface area contributed by atoms with Gasteiger partial charge in [-0.05, 0) is 37.0 Å². The highest BCUT2D eigenvalue weighted by atomic mass is 19.1. The van der Waals surface area contributed by atoms with Crippen LogP contribution in [0.25, 0.3) is 0 Å². The monoisotopic (exact) mass is 421 g/mol. The van der Waals surface area contributed by atoms with Crippen LogP contribution in [0, 0.1) is 24.6 Å². The Morgan fingerprint density at radius 1 is 1.10 bits per heavy atom. The lowest BCUT2D eigenvalue weighted by atomic mass is 9.89. The summed E-state index contributed by atoms with van der Waals surface area (Å²) in [5, 5.41) is 10.9. The average molecular weight is 421 g/mol. The lowest BCUT2D eigenvalue weighted by molar-refractivity contribution is 0.0776. The molecule has 9 nitrogen and oxygen atoms in total. The van der Waals surface area contributed by atoms with Crippen LogP contribution in [0.5, 0.6) is 0 Å². The molecule has 0 bridgehead atoms. The topological polar surface area (TPSA) is 106 Å². The highest BCUT2D eigenvalue weighted by Gasteiger charge is 2.41. The highest BCUT2D eigenvalue weighted by Crippen LogP contribution is 2.33. The summed E-state index contributed by atoms with van der Waals surface area (Å²) in [6, 6.07) is 5.69. The van der Waals surface area contributed by atoms with Gasteiger partial charge in [0.1, 0.15) is 17.3 Å². The van der Waals surface area contributed by atoms with Gasteiger partial charge in [0.05, 0.1) is 11.9 Å². The zero-order valence-electron chi connectivity index (χ0n) is 16.8. The number of anilines is 1. The van der Waals surface area contributed by atoms with E-state index < -0.39 is 11.7 Å². The molecule has 2 amide bonds. The smallest absolute Gasteiger partial charge is 0.293 e. The van der Waals surface area contributed by atoms with Gasteiger partial charge in [-0.25, -0.2) is 9.37 Å². The van der Waals surface area contributed by atoms with Gasteiger partial charge in [0, 0.05) is 37.9 Å². The molecule has 2 aliphatic rings. The Hall–Kier alpha value is -3.69. The van der Waals surface area contributed by atoms with Gasteiger partial charge >= 0.3 is 0 Å². The van der Waals surface area contributed by atoms with Crippen LogP contribution in [0.15, 0.2) is 36.7 Å². The predicted octanol–water partition coefficient (Wildman–Crippen LogP) is 1.71. The van der Waals surface area contributed by atoms with Crippen molar-refractivity contribution in [3.63, 3.8) is 0 Å². The molecule has 0 radical (unpaired) electrons. The molecular weight excluding hydrogens is 401 g/mol. The number of halogens is 1. The maximum Gasteiger partial charge on any atom is 0.293 e. The number of nitrogens with zero attached hydrogens (tertiary/aromatic N) is 6. The molecule has 2 atom stereocenters. The third kappa shape index (κ3) is 3.65. The summed E-state index contributed by atoms with van der Waals surface area (Å²) in [5.74, 6) is 0.329. The van der Waals surface area contributed by atoms with E-state index in [2.05, 4.69) is 25.5 Å². The molecule has 0 unspecified atom stereocenters. The van der Waals surface area contributed by atoms with Gasteiger partial charge in [-0.2, -0.15) is 0 Å². The molecule has 1 fully saturated rings. The van der Waals surface area contributed by atoms with Gasteiger partial charge < -0.3 is 14.8 Å². The highest BCUT2D eigenvalue weighted by molar-refractivity contribution is 6.01. The van der Waals surface area contributed by atoms with E-state index in [0.29, 0.717) is 37.4 Å². The van der Waals surface area contributed by atoms with Crippen molar-refractivity contribution in [2.75, 3.05) is 18.4 Å². The van der Waals surface area contributed by atoms with Crippen molar-refractivity contribution in [2.24, 2.45) is 11.8 Å². The zero-order valence-corrected chi connectivity index (χ0v) is 16.8. The number of likely N-dealkylation sites (tertiary alicyclic amines) is 1. The Labute approximate surface area is 177 Å². The molecular formula is C21H20FN7O2. The van der Waals surface area contributed by atoms with Crippen LogP contribution < -0.4 is 5.32 Å². The maximum absolute atomic E-state index is 13.4. The number of aromatic nitrogens is 5. The van der Waals surface area contributed by atoms with Crippen LogP contribution in [0.3, 0.4) is 0 Å². The molecule has 1 saturated heterocycles. The molecule has 5 rings (SSSR count). The Kier molecular flexibility index (Phi) is 4.68. The van der Waals surface area contributed by atoms with Crippen LogP contribution in [-0.4, -0.2) is 54.5 Å². The minimum atomic E-state index is -0.441. The number of hydrogen-bond acceptors (Lipinski definition) is 6. The fourth-order valence-electron chi connectivity index (χ4n) is 4.28. The van der Waals surface area contributed by atoms with Crippen molar-refractivity contribution in [1.82, 2.24) is 29.6 Å². The molecule has 0 saturated carbocycles. The molecule has 4 heterocycles. The van der Waals surface area contributed by atoms with E-state index in [4.69, 9.17) is 0 Å². The second-order valence-electron chi connectivity index (χ2n) is 7.99. The first-order chi connectivity index (χ1) is 15.0.